The number of ether oxygens (including phenoxy) is 1. The van der Waals surface area contributed by atoms with Gasteiger partial charge in [0.25, 0.3) is 5.91 Å². The van der Waals surface area contributed by atoms with Crippen LogP contribution in [0, 0.1) is 0 Å². The Balaban J connectivity index is 1.32. The molecule has 3 heterocycles. The summed E-state index contributed by atoms with van der Waals surface area (Å²) in [5, 5.41) is 7.02. The van der Waals surface area contributed by atoms with Crippen LogP contribution in [-0.2, 0) is 33.9 Å². The number of likely N-dealkylation sites (N-methyl/N-ethyl adjacent to an activating group) is 1. The van der Waals surface area contributed by atoms with Crippen molar-refractivity contribution in [1.82, 2.24) is 20.4 Å². The monoisotopic (exact) mass is 484 g/mol. The quantitative estimate of drug-likeness (QED) is 0.520. The molecule has 2 aromatic rings. The molecular weight excluding hydrogens is 456 g/mol. The van der Waals surface area contributed by atoms with Crippen LogP contribution in [0.15, 0.2) is 29.6 Å². The van der Waals surface area contributed by atoms with E-state index in [1.54, 1.807) is 5.38 Å². The van der Waals surface area contributed by atoms with Gasteiger partial charge in [-0.2, -0.15) is 0 Å². The molecule has 2 aliphatic heterocycles. The van der Waals surface area contributed by atoms with E-state index in [9.17, 15) is 19.2 Å². The normalized spacial score (nSPS) is 17.7. The number of rotatable bonds is 9. The number of hydrogen-bond acceptors (Lipinski definition) is 7. The highest BCUT2D eigenvalue weighted by Gasteiger charge is 2.40. The zero-order valence-electron chi connectivity index (χ0n) is 19.3. The molecule has 2 N–H and O–H groups in total. The average Bonchev–Trinajstić information content (AvgIpc) is 3.32. The lowest BCUT2D eigenvalue weighted by Gasteiger charge is -2.29. The summed E-state index contributed by atoms with van der Waals surface area (Å²) in [7, 11) is 3.96. The number of hydrogen-bond donors (Lipinski definition) is 2. The molecule has 10 heteroatoms. The Morgan fingerprint density at radius 3 is 2.88 bits per heavy atom. The number of amides is 4. The van der Waals surface area contributed by atoms with Crippen molar-refractivity contribution in [3.8, 4) is 5.75 Å². The van der Waals surface area contributed by atoms with Crippen LogP contribution in [-0.4, -0.2) is 66.7 Å². The summed E-state index contributed by atoms with van der Waals surface area (Å²) in [5.74, 6) is -0.337. The standard InChI is InChI=1S/C24H28N4O5S/c1-27(2)8-9-33-16-5-3-4-15(10-16)11-22(30)25-12-20-17-13-28(24(32)18(17)14-34-20)19-6-7-21(29)26-23(19)31/h3-5,10,14,19H,6-9,11-13H2,1-2H3,(H,25,30)(H,26,29,31). The summed E-state index contributed by atoms with van der Waals surface area (Å²) in [4.78, 5) is 53.5. The second-order valence-corrected chi connectivity index (χ2v) is 9.67. The van der Waals surface area contributed by atoms with Crippen LogP contribution < -0.4 is 15.4 Å². The van der Waals surface area contributed by atoms with Gasteiger partial charge in [-0.25, -0.2) is 0 Å². The van der Waals surface area contributed by atoms with E-state index in [1.807, 2.05) is 43.3 Å². The molecule has 0 spiro atoms. The summed E-state index contributed by atoms with van der Waals surface area (Å²) in [6, 6.07) is 6.86. The van der Waals surface area contributed by atoms with E-state index in [-0.39, 0.29) is 30.6 Å². The van der Waals surface area contributed by atoms with Crippen LogP contribution in [0.5, 0.6) is 5.75 Å². The lowest BCUT2D eigenvalue weighted by molar-refractivity contribution is -0.137. The predicted molar refractivity (Wildman–Crippen MR) is 126 cm³/mol. The molecule has 1 saturated heterocycles. The Hall–Kier alpha value is -3.24. The van der Waals surface area contributed by atoms with Crippen molar-refractivity contribution in [3.05, 3.63) is 51.2 Å². The van der Waals surface area contributed by atoms with Gasteiger partial charge < -0.3 is 19.9 Å². The topological polar surface area (TPSA) is 108 Å². The minimum absolute atomic E-state index is 0.126. The second kappa shape index (κ2) is 10.4. The number of benzene rings is 1. The summed E-state index contributed by atoms with van der Waals surface area (Å²) >= 11 is 1.43. The molecule has 1 fully saturated rings. The largest absolute Gasteiger partial charge is 0.492 e. The predicted octanol–water partition coefficient (Wildman–Crippen LogP) is 1.31. The molecule has 4 amide bonds. The molecule has 1 atom stereocenters. The van der Waals surface area contributed by atoms with Gasteiger partial charge in [0.2, 0.25) is 17.7 Å². The molecule has 0 saturated carbocycles. The maximum Gasteiger partial charge on any atom is 0.256 e. The summed E-state index contributed by atoms with van der Waals surface area (Å²) in [6.45, 7) is 2.00. The van der Waals surface area contributed by atoms with Crippen LogP contribution >= 0.6 is 11.3 Å². The van der Waals surface area contributed by atoms with Crippen molar-refractivity contribution < 1.29 is 23.9 Å². The number of carbonyl (C=O) groups is 4. The summed E-state index contributed by atoms with van der Waals surface area (Å²) in [5.41, 5.74) is 2.27. The molecule has 1 unspecified atom stereocenters. The Kier molecular flexibility index (Phi) is 7.28. The van der Waals surface area contributed by atoms with Crippen molar-refractivity contribution >= 4 is 35.0 Å². The number of carbonyl (C=O) groups excluding carboxylic acids is 4. The Bertz CT molecular complexity index is 1110. The number of nitrogens with one attached hydrogen (secondary N) is 2. The van der Waals surface area contributed by atoms with Crippen LogP contribution in [0.3, 0.4) is 0 Å². The fourth-order valence-electron chi connectivity index (χ4n) is 4.07. The first-order valence-corrected chi connectivity index (χ1v) is 12.1. The maximum absolute atomic E-state index is 12.8. The van der Waals surface area contributed by atoms with Crippen LogP contribution in [0.2, 0.25) is 0 Å². The average molecular weight is 485 g/mol. The van der Waals surface area contributed by atoms with Crippen LogP contribution in [0.25, 0.3) is 0 Å². The van der Waals surface area contributed by atoms with Gasteiger partial charge >= 0.3 is 0 Å². The SMILES string of the molecule is CN(C)CCOc1cccc(CC(=O)NCc2scc3c2CN(C2CCC(=O)NC2=O)C3=O)c1. The lowest BCUT2D eigenvalue weighted by atomic mass is 10.0. The minimum atomic E-state index is -0.641. The van der Waals surface area contributed by atoms with Crippen molar-refractivity contribution in [3.63, 3.8) is 0 Å². The molecule has 0 radical (unpaired) electrons. The van der Waals surface area contributed by atoms with Gasteiger partial charge in [-0.15, -0.1) is 11.3 Å². The molecule has 1 aromatic carbocycles. The van der Waals surface area contributed by atoms with Gasteiger partial charge in [-0.1, -0.05) is 12.1 Å². The first kappa shape index (κ1) is 23.9. The highest BCUT2D eigenvalue weighted by atomic mass is 32.1. The van der Waals surface area contributed by atoms with E-state index in [1.165, 1.54) is 16.2 Å². The molecular formula is C24H28N4O5S. The van der Waals surface area contributed by atoms with E-state index in [0.29, 0.717) is 31.7 Å². The number of piperidine rings is 1. The van der Waals surface area contributed by atoms with Crippen LogP contribution in [0.1, 0.15) is 39.2 Å². The fourth-order valence-corrected chi connectivity index (χ4v) is 5.05. The van der Waals surface area contributed by atoms with Gasteiger partial charge in [0.1, 0.15) is 18.4 Å². The summed E-state index contributed by atoms with van der Waals surface area (Å²) in [6.07, 6.45) is 0.770. The zero-order valence-corrected chi connectivity index (χ0v) is 20.1. The first-order valence-electron chi connectivity index (χ1n) is 11.2. The third-order valence-corrected chi connectivity index (χ3v) is 6.93. The van der Waals surface area contributed by atoms with Gasteiger partial charge in [-0.3, -0.25) is 24.5 Å². The van der Waals surface area contributed by atoms with Gasteiger partial charge in [0.05, 0.1) is 18.5 Å². The van der Waals surface area contributed by atoms with E-state index in [0.717, 1.165) is 28.3 Å². The molecule has 34 heavy (non-hydrogen) atoms. The molecule has 1 aromatic heterocycles. The third kappa shape index (κ3) is 5.45. The minimum Gasteiger partial charge on any atom is -0.492 e. The Morgan fingerprint density at radius 2 is 2.12 bits per heavy atom. The number of imide groups is 1. The third-order valence-electron chi connectivity index (χ3n) is 5.90. The van der Waals surface area contributed by atoms with Crippen molar-refractivity contribution in [2.45, 2.75) is 38.4 Å². The van der Waals surface area contributed by atoms with E-state index >= 15 is 0 Å². The lowest BCUT2D eigenvalue weighted by Crippen LogP contribution is -2.52. The van der Waals surface area contributed by atoms with Gasteiger partial charge in [-0.05, 0) is 43.8 Å². The smallest absolute Gasteiger partial charge is 0.256 e. The van der Waals surface area contributed by atoms with Crippen molar-refractivity contribution in [1.29, 1.82) is 0 Å². The molecule has 9 nitrogen and oxygen atoms in total. The zero-order chi connectivity index (χ0) is 24.2. The Morgan fingerprint density at radius 1 is 1.29 bits per heavy atom. The molecule has 4 rings (SSSR count). The van der Waals surface area contributed by atoms with Gasteiger partial charge in [0.15, 0.2) is 0 Å². The number of thiophene rings is 1. The van der Waals surface area contributed by atoms with Crippen molar-refractivity contribution in [2.75, 3.05) is 27.2 Å². The van der Waals surface area contributed by atoms with Crippen molar-refractivity contribution in [2.24, 2.45) is 0 Å². The highest BCUT2D eigenvalue weighted by molar-refractivity contribution is 7.10. The number of fused-ring (bicyclic) bond motifs is 1. The molecule has 180 valence electrons. The first-order chi connectivity index (χ1) is 16.3. The molecule has 0 aliphatic carbocycles. The maximum atomic E-state index is 12.8. The second-order valence-electron chi connectivity index (χ2n) is 8.70. The fraction of sp³-hybridized carbons (Fsp3) is 0.417. The van der Waals surface area contributed by atoms with E-state index < -0.39 is 11.9 Å². The van der Waals surface area contributed by atoms with Gasteiger partial charge in [0, 0.05) is 29.8 Å². The van der Waals surface area contributed by atoms with E-state index in [4.69, 9.17) is 4.74 Å². The van der Waals surface area contributed by atoms with E-state index in [2.05, 4.69) is 10.6 Å². The number of nitrogens with zero attached hydrogens (tertiary/aromatic N) is 2. The summed E-state index contributed by atoms with van der Waals surface area (Å²) < 4.78 is 5.74. The molecule has 2 aliphatic rings. The van der Waals surface area contributed by atoms with Crippen LogP contribution in [0.4, 0.5) is 0 Å². The highest BCUT2D eigenvalue weighted by Crippen LogP contribution is 2.33. The molecule has 0 bridgehead atoms. The Labute approximate surface area is 202 Å².